The monoisotopic (exact) mass is 238 g/mol. The number of benzene rings is 2. The van der Waals surface area contributed by atoms with Crippen LogP contribution in [0.3, 0.4) is 0 Å². The first-order chi connectivity index (χ1) is 8.86. The normalized spacial score (nSPS) is 22.8. The summed E-state index contributed by atoms with van der Waals surface area (Å²) in [6.45, 7) is 3.65. The Balaban J connectivity index is 1.99. The van der Waals surface area contributed by atoms with Crippen LogP contribution in [0.1, 0.15) is 30.5 Å². The van der Waals surface area contributed by atoms with Gasteiger partial charge in [-0.15, -0.1) is 0 Å². The lowest BCUT2D eigenvalue weighted by Crippen LogP contribution is -3.21. The van der Waals surface area contributed by atoms with E-state index in [1.54, 1.807) is 4.90 Å². The lowest BCUT2D eigenvalue weighted by molar-refractivity contribution is -0.988. The molecule has 1 aliphatic heterocycles. The van der Waals surface area contributed by atoms with Gasteiger partial charge in [0.2, 0.25) is 0 Å². The second-order valence-electron chi connectivity index (χ2n) is 5.27. The standard InChI is InChI=1S/C17H19N/c1-14-12-13-18(14)17(15-8-4-2-5-9-15)16-10-6-3-7-11-16/h2-11,14,17H,12-13H2,1H3/p+1/t14-/m0/s1. The van der Waals surface area contributed by atoms with Crippen LogP contribution in [-0.2, 0) is 0 Å². The predicted octanol–water partition coefficient (Wildman–Crippen LogP) is 2.45. The molecule has 1 unspecified atom stereocenters. The molecule has 0 bridgehead atoms. The smallest absolute Gasteiger partial charge is 0.139 e. The molecule has 1 aliphatic rings. The third kappa shape index (κ3) is 2.06. The first kappa shape index (κ1) is 11.5. The first-order valence-electron chi connectivity index (χ1n) is 6.82. The topological polar surface area (TPSA) is 4.44 Å². The second-order valence-corrected chi connectivity index (χ2v) is 5.27. The molecule has 18 heavy (non-hydrogen) atoms. The summed E-state index contributed by atoms with van der Waals surface area (Å²) in [5.41, 5.74) is 2.87. The van der Waals surface area contributed by atoms with Gasteiger partial charge in [-0.2, -0.15) is 0 Å². The summed E-state index contributed by atoms with van der Waals surface area (Å²) >= 11 is 0. The lowest BCUT2D eigenvalue weighted by atomic mass is 9.91. The highest BCUT2D eigenvalue weighted by atomic mass is 15.2. The van der Waals surface area contributed by atoms with Crippen LogP contribution in [0.25, 0.3) is 0 Å². The van der Waals surface area contributed by atoms with E-state index in [1.807, 2.05) is 0 Å². The minimum Gasteiger partial charge on any atom is -0.322 e. The molecule has 1 N–H and O–H groups in total. The molecular formula is C17H20N+. The molecule has 1 heterocycles. The Morgan fingerprint density at radius 1 is 0.889 bits per heavy atom. The van der Waals surface area contributed by atoms with E-state index in [9.17, 15) is 0 Å². The molecule has 0 saturated carbocycles. The second kappa shape index (κ2) is 4.95. The van der Waals surface area contributed by atoms with Crippen molar-refractivity contribution in [3.8, 4) is 0 Å². The molecule has 0 radical (unpaired) electrons. The van der Waals surface area contributed by atoms with Crippen molar-refractivity contribution in [3.63, 3.8) is 0 Å². The summed E-state index contributed by atoms with van der Waals surface area (Å²) in [5.74, 6) is 0. The van der Waals surface area contributed by atoms with E-state index in [-0.39, 0.29) is 0 Å². The largest absolute Gasteiger partial charge is 0.322 e. The number of rotatable bonds is 3. The van der Waals surface area contributed by atoms with Gasteiger partial charge in [0, 0.05) is 17.5 Å². The van der Waals surface area contributed by atoms with Gasteiger partial charge in [-0.05, 0) is 6.92 Å². The number of hydrogen-bond donors (Lipinski definition) is 1. The van der Waals surface area contributed by atoms with E-state index in [4.69, 9.17) is 0 Å². The fraction of sp³-hybridized carbons (Fsp3) is 0.294. The maximum Gasteiger partial charge on any atom is 0.139 e. The summed E-state index contributed by atoms with van der Waals surface area (Å²) in [6, 6.07) is 23.1. The van der Waals surface area contributed by atoms with Crippen LogP contribution in [0.4, 0.5) is 0 Å². The van der Waals surface area contributed by atoms with Gasteiger partial charge in [-0.1, -0.05) is 60.7 Å². The van der Waals surface area contributed by atoms with Gasteiger partial charge >= 0.3 is 0 Å². The average Bonchev–Trinajstić information content (AvgIpc) is 2.45. The van der Waals surface area contributed by atoms with E-state index in [1.165, 1.54) is 24.1 Å². The van der Waals surface area contributed by atoms with Crippen molar-refractivity contribution in [3.05, 3.63) is 71.8 Å². The van der Waals surface area contributed by atoms with Crippen LogP contribution >= 0.6 is 0 Å². The molecule has 0 spiro atoms. The van der Waals surface area contributed by atoms with Crippen LogP contribution in [0.5, 0.6) is 0 Å². The summed E-state index contributed by atoms with van der Waals surface area (Å²) in [5, 5.41) is 0. The van der Waals surface area contributed by atoms with Gasteiger partial charge in [0.25, 0.3) is 0 Å². The zero-order valence-electron chi connectivity index (χ0n) is 10.8. The van der Waals surface area contributed by atoms with Gasteiger partial charge in [-0.3, -0.25) is 0 Å². The van der Waals surface area contributed by atoms with Gasteiger partial charge < -0.3 is 4.90 Å². The van der Waals surface area contributed by atoms with Gasteiger partial charge in [0.05, 0.1) is 12.6 Å². The molecule has 2 aromatic rings. The fourth-order valence-corrected chi connectivity index (χ4v) is 2.94. The van der Waals surface area contributed by atoms with Gasteiger partial charge in [-0.25, -0.2) is 0 Å². The molecule has 0 aliphatic carbocycles. The van der Waals surface area contributed by atoms with Crippen LogP contribution < -0.4 is 4.90 Å². The summed E-state index contributed by atoms with van der Waals surface area (Å²) < 4.78 is 0. The van der Waals surface area contributed by atoms with Crippen LogP contribution in [0, 0.1) is 0 Å². The van der Waals surface area contributed by atoms with Crippen LogP contribution in [0.2, 0.25) is 0 Å². The maximum absolute atomic E-state index is 2.36. The van der Waals surface area contributed by atoms with E-state index >= 15 is 0 Å². The average molecular weight is 238 g/mol. The third-order valence-electron chi connectivity index (χ3n) is 4.14. The minimum atomic E-state index is 0.496. The van der Waals surface area contributed by atoms with E-state index < -0.39 is 0 Å². The Hall–Kier alpha value is -1.60. The molecule has 2 aromatic carbocycles. The van der Waals surface area contributed by atoms with Crippen LogP contribution in [0.15, 0.2) is 60.7 Å². The first-order valence-corrected chi connectivity index (χ1v) is 6.82. The third-order valence-corrected chi connectivity index (χ3v) is 4.14. The molecule has 3 rings (SSSR count). The Morgan fingerprint density at radius 3 is 1.72 bits per heavy atom. The molecule has 1 saturated heterocycles. The Morgan fingerprint density at radius 2 is 1.39 bits per heavy atom. The Labute approximate surface area is 109 Å². The van der Waals surface area contributed by atoms with Crippen molar-refractivity contribution in [2.75, 3.05) is 6.54 Å². The molecule has 1 heteroatoms. The molecule has 92 valence electrons. The molecule has 0 aromatic heterocycles. The van der Waals surface area contributed by atoms with Crippen molar-refractivity contribution < 1.29 is 4.90 Å². The van der Waals surface area contributed by atoms with E-state index in [0.29, 0.717) is 6.04 Å². The highest BCUT2D eigenvalue weighted by Gasteiger charge is 2.36. The number of quaternary nitrogens is 1. The Kier molecular flexibility index (Phi) is 3.16. The molecule has 1 fully saturated rings. The predicted molar refractivity (Wildman–Crippen MR) is 74.6 cm³/mol. The van der Waals surface area contributed by atoms with E-state index in [2.05, 4.69) is 67.6 Å². The quantitative estimate of drug-likeness (QED) is 0.838. The molecule has 1 nitrogen and oxygen atoms in total. The van der Waals surface area contributed by atoms with Crippen LogP contribution in [-0.4, -0.2) is 12.6 Å². The summed E-state index contributed by atoms with van der Waals surface area (Å²) in [7, 11) is 0. The molecular weight excluding hydrogens is 218 g/mol. The van der Waals surface area contributed by atoms with Crippen molar-refractivity contribution >= 4 is 0 Å². The van der Waals surface area contributed by atoms with Crippen molar-refractivity contribution in [2.45, 2.75) is 25.4 Å². The fourth-order valence-electron chi connectivity index (χ4n) is 2.94. The van der Waals surface area contributed by atoms with Gasteiger partial charge in [0.1, 0.15) is 6.04 Å². The number of nitrogens with one attached hydrogen (secondary N) is 1. The van der Waals surface area contributed by atoms with Crippen molar-refractivity contribution in [1.82, 2.24) is 0 Å². The number of likely N-dealkylation sites (tertiary alicyclic amines) is 1. The number of hydrogen-bond acceptors (Lipinski definition) is 0. The highest BCUT2D eigenvalue weighted by molar-refractivity contribution is 5.29. The maximum atomic E-state index is 2.36. The zero-order chi connectivity index (χ0) is 12.4. The van der Waals surface area contributed by atoms with Crippen molar-refractivity contribution in [2.24, 2.45) is 0 Å². The molecule has 2 atom stereocenters. The zero-order valence-corrected chi connectivity index (χ0v) is 10.8. The SMILES string of the molecule is C[C@H]1CC[NH+]1C(c1ccccc1)c1ccccc1. The highest BCUT2D eigenvalue weighted by Crippen LogP contribution is 2.21. The van der Waals surface area contributed by atoms with Crippen molar-refractivity contribution in [1.29, 1.82) is 0 Å². The minimum absolute atomic E-state index is 0.496. The summed E-state index contributed by atoms with van der Waals surface area (Å²) in [6.07, 6.45) is 1.35. The summed E-state index contributed by atoms with van der Waals surface area (Å²) in [4.78, 5) is 1.70. The Bertz CT molecular complexity index is 452. The van der Waals surface area contributed by atoms with E-state index in [0.717, 1.165) is 6.04 Å². The lowest BCUT2D eigenvalue weighted by Gasteiger charge is -2.41. The molecule has 0 amide bonds. The van der Waals surface area contributed by atoms with Gasteiger partial charge in [0.15, 0.2) is 0 Å².